The summed E-state index contributed by atoms with van der Waals surface area (Å²) in [6, 6.07) is 15.5. The zero-order valence-corrected chi connectivity index (χ0v) is 14.3. The zero-order valence-electron chi connectivity index (χ0n) is 14.3. The monoisotopic (exact) mass is 365 g/mol. The molecule has 6 heteroatoms. The average molecular weight is 365 g/mol. The number of ether oxygens (including phenoxy) is 1. The number of benzene rings is 2. The Hall–Kier alpha value is -3.41. The van der Waals surface area contributed by atoms with Gasteiger partial charge in [0.1, 0.15) is 6.04 Å². The molecule has 1 aliphatic rings. The van der Waals surface area contributed by atoms with Gasteiger partial charge in [-0.05, 0) is 35.4 Å². The predicted molar refractivity (Wildman–Crippen MR) is 94.6 cm³/mol. The van der Waals surface area contributed by atoms with Crippen LogP contribution in [-0.2, 0) is 17.8 Å². The summed E-state index contributed by atoms with van der Waals surface area (Å²) in [5, 5.41) is 0. The van der Waals surface area contributed by atoms with Crippen LogP contribution in [0, 0.1) is 5.82 Å². The van der Waals surface area contributed by atoms with Crippen LogP contribution >= 0.6 is 0 Å². The number of carbonyl (C=O) groups excluding carboxylic acids is 2. The van der Waals surface area contributed by atoms with Crippen LogP contribution in [0.3, 0.4) is 0 Å². The number of carbonyl (C=O) groups is 2. The van der Waals surface area contributed by atoms with Gasteiger partial charge >= 0.3 is 5.97 Å². The predicted octanol–water partition coefficient (Wildman–Crippen LogP) is 3.59. The number of hydrogen-bond acceptors (Lipinski definition) is 4. The van der Waals surface area contributed by atoms with Gasteiger partial charge in [0.25, 0.3) is 5.91 Å². The number of fused-ring (bicyclic) bond motifs is 1. The second kappa shape index (κ2) is 7.07. The number of halogens is 1. The van der Waals surface area contributed by atoms with Crippen molar-refractivity contribution in [2.45, 2.75) is 19.0 Å². The fourth-order valence-corrected chi connectivity index (χ4v) is 3.19. The van der Waals surface area contributed by atoms with E-state index in [9.17, 15) is 14.0 Å². The van der Waals surface area contributed by atoms with Gasteiger partial charge in [0.05, 0.1) is 6.26 Å². The second-order valence-corrected chi connectivity index (χ2v) is 6.25. The summed E-state index contributed by atoms with van der Waals surface area (Å²) in [4.78, 5) is 27.1. The molecule has 1 unspecified atom stereocenters. The van der Waals surface area contributed by atoms with Gasteiger partial charge in [-0.2, -0.15) is 0 Å². The van der Waals surface area contributed by atoms with E-state index in [1.54, 1.807) is 18.2 Å². The molecule has 2 heterocycles. The summed E-state index contributed by atoms with van der Waals surface area (Å²) in [6.07, 6.45) is 1.69. The van der Waals surface area contributed by atoms with Crippen molar-refractivity contribution in [1.82, 2.24) is 4.90 Å². The summed E-state index contributed by atoms with van der Waals surface area (Å²) in [5.74, 6) is -1.75. The lowest BCUT2D eigenvalue weighted by Gasteiger charge is -2.34. The molecule has 0 fully saturated rings. The molecule has 5 nitrogen and oxygen atoms in total. The molecule has 0 radical (unpaired) electrons. The van der Waals surface area contributed by atoms with Crippen molar-refractivity contribution >= 4 is 11.9 Å². The van der Waals surface area contributed by atoms with Crippen molar-refractivity contribution in [3.05, 3.63) is 89.6 Å². The topological polar surface area (TPSA) is 59.8 Å². The average Bonchev–Trinajstić information content (AvgIpc) is 3.23. The fraction of sp³-hybridized carbons (Fsp3) is 0.143. The number of nitrogens with zero attached hydrogens (tertiary/aromatic N) is 1. The van der Waals surface area contributed by atoms with E-state index in [1.807, 2.05) is 24.3 Å². The van der Waals surface area contributed by atoms with Crippen LogP contribution < -0.4 is 4.74 Å². The van der Waals surface area contributed by atoms with Gasteiger partial charge in [0, 0.05) is 13.0 Å². The lowest BCUT2D eigenvalue weighted by molar-refractivity contribution is -0.140. The third-order valence-electron chi connectivity index (χ3n) is 4.56. The third-order valence-corrected chi connectivity index (χ3v) is 4.56. The molecule has 1 aliphatic heterocycles. The van der Waals surface area contributed by atoms with Crippen LogP contribution in [0.2, 0.25) is 0 Å². The third kappa shape index (κ3) is 3.33. The molecule has 0 saturated heterocycles. The molecule has 0 bridgehead atoms. The molecule has 1 atom stereocenters. The Balaban J connectivity index is 1.65. The minimum atomic E-state index is -0.878. The largest absolute Gasteiger partial charge is 0.459 e. The zero-order chi connectivity index (χ0) is 18.8. The highest BCUT2D eigenvalue weighted by Crippen LogP contribution is 2.27. The number of esters is 1. The van der Waals surface area contributed by atoms with Crippen LogP contribution in [0.4, 0.5) is 4.39 Å². The first-order valence-corrected chi connectivity index (χ1v) is 8.51. The van der Waals surface area contributed by atoms with Gasteiger partial charge in [-0.25, -0.2) is 9.18 Å². The van der Waals surface area contributed by atoms with E-state index >= 15 is 0 Å². The maximum Gasteiger partial charge on any atom is 0.334 e. The Labute approximate surface area is 155 Å². The van der Waals surface area contributed by atoms with E-state index < -0.39 is 23.7 Å². The molecule has 0 saturated carbocycles. The van der Waals surface area contributed by atoms with Gasteiger partial charge in [0.2, 0.25) is 0 Å². The normalized spacial score (nSPS) is 15.9. The summed E-state index contributed by atoms with van der Waals surface area (Å²) in [6.45, 7) is 0.243. The highest BCUT2D eigenvalue weighted by atomic mass is 19.1. The summed E-state index contributed by atoms with van der Waals surface area (Å²) >= 11 is 0. The highest BCUT2D eigenvalue weighted by molar-refractivity contribution is 5.95. The molecule has 2 aromatic carbocycles. The quantitative estimate of drug-likeness (QED) is 0.526. The minimum absolute atomic E-state index is 0.137. The Morgan fingerprint density at radius 1 is 1.00 bits per heavy atom. The summed E-state index contributed by atoms with van der Waals surface area (Å²) < 4.78 is 24.3. The maximum atomic E-state index is 13.9. The Kier molecular flexibility index (Phi) is 4.46. The Morgan fingerprint density at radius 2 is 1.74 bits per heavy atom. The van der Waals surface area contributed by atoms with Gasteiger partial charge in [-0.15, -0.1) is 0 Å². The molecule has 0 aliphatic carbocycles. The first kappa shape index (κ1) is 17.0. The Bertz CT molecular complexity index is 983. The van der Waals surface area contributed by atoms with Crippen molar-refractivity contribution < 1.29 is 23.1 Å². The molecular weight excluding hydrogens is 349 g/mol. The Morgan fingerprint density at radius 3 is 2.48 bits per heavy atom. The highest BCUT2D eigenvalue weighted by Gasteiger charge is 2.37. The molecule has 1 aromatic heterocycles. The first-order chi connectivity index (χ1) is 13.1. The van der Waals surface area contributed by atoms with Gasteiger partial charge in [-0.1, -0.05) is 36.4 Å². The number of rotatable bonds is 3. The number of furan rings is 1. The number of hydrogen-bond donors (Lipinski definition) is 0. The first-order valence-electron chi connectivity index (χ1n) is 8.51. The standard InChI is InChI=1S/C21H16FNO4/c22-16-8-3-4-9-18(16)27-21(25)17-12-14-6-1-2-7-15(14)13-23(17)20(24)19-10-5-11-26-19/h1-11,17H,12-13H2. The molecular formula is C21H16FNO4. The van der Waals surface area contributed by atoms with E-state index in [0.717, 1.165) is 11.1 Å². The smallest absolute Gasteiger partial charge is 0.334 e. The summed E-state index contributed by atoms with van der Waals surface area (Å²) in [7, 11) is 0. The molecule has 3 aromatic rings. The van der Waals surface area contributed by atoms with Gasteiger partial charge < -0.3 is 14.1 Å². The van der Waals surface area contributed by atoms with Crippen LogP contribution in [0.15, 0.2) is 71.3 Å². The second-order valence-electron chi connectivity index (χ2n) is 6.25. The molecule has 136 valence electrons. The number of para-hydroxylation sites is 1. The van der Waals surface area contributed by atoms with Gasteiger partial charge in [-0.3, -0.25) is 4.79 Å². The molecule has 27 heavy (non-hydrogen) atoms. The van der Waals surface area contributed by atoms with Crippen molar-refractivity contribution in [2.75, 3.05) is 0 Å². The lowest BCUT2D eigenvalue weighted by atomic mass is 9.93. The van der Waals surface area contributed by atoms with Crippen molar-refractivity contribution in [3.63, 3.8) is 0 Å². The minimum Gasteiger partial charge on any atom is -0.459 e. The van der Waals surface area contributed by atoms with E-state index in [4.69, 9.17) is 9.15 Å². The molecule has 1 amide bonds. The van der Waals surface area contributed by atoms with Gasteiger partial charge in [0.15, 0.2) is 17.3 Å². The fourth-order valence-electron chi connectivity index (χ4n) is 3.19. The van der Waals surface area contributed by atoms with Crippen LogP contribution in [0.25, 0.3) is 0 Å². The van der Waals surface area contributed by atoms with E-state index in [1.165, 1.54) is 29.4 Å². The van der Waals surface area contributed by atoms with E-state index in [2.05, 4.69) is 0 Å². The lowest BCUT2D eigenvalue weighted by Crippen LogP contribution is -2.50. The van der Waals surface area contributed by atoms with E-state index in [0.29, 0.717) is 0 Å². The van der Waals surface area contributed by atoms with Crippen LogP contribution in [0.1, 0.15) is 21.7 Å². The van der Waals surface area contributed by atoms with Crippen LogP contribution in [0.5, 0.6) is 5.75 Å². The summed E-state index contributed by atoms with van der Waals surface area (Å²) in [5.41, 5.74) is 1.91. The van der Waals surface area contributed by atoms with Crippen molar-refractivity contribution in [3.8, 4) is 5.75 Å². The molecule has 0 spiro atoms. The van der Waals surface area contributed by atoms with E-state index in [-0.39, 0.29) is 24.5 Å². The maximum absolute atomic E-state index is 13.9. The molecule has 4 rings (SSSR count). The van der Waals surface area contributed by atoms with Crippen LogP contribution in [-0.4, -0.2) is 22.8 Å². The molecule has 0 N–H and O–H groups in total. The van der Waals surface area contributed by atoms with Crippen molar-refractivity contribution in [1.29, 1.82) is 0 Å². The number of amides is 1. The SMILES string of the molecule is O=C(Oc1ccccc1F)C1Cc2ccccc2CN1C(=O)c1ccco1. The van der Waals surface area contributed by atoms with Crippen molar-refractivity contribution in [2.24, 2.45) is 0 Å².